The molecule has 2 aromatic rings. The summed E-state index contributed by atoms with van der Waals surface area (Å²) >= 11 is 12.1. The Morgan fingerprint density at radius 3 is 2.38 bits per heavy atom. The van der Waals surface area contributed by atoms with Gasteiger partial charge in [-0.1, -0.05) is 23.2 Å². The molecular weight excluding hydrogens is 451 g/mol. The number of likely N-dealkylation sites (tertiary alicyclic amines) is 1. The van der Waals surface area contributed by atoms with Gasteiger partial charge >= 0.3 is 6.09 Å². The van der Waals surface area contributed by atoms with Crippen molar-refractivity contribution in [2.75, 3.05) is 30.4 Å². The van der Waals surface area contributed by atoms with E-state index in [-0.39, 0.29) is 18.0 Å². The van der Waals surface area contributed by atoms with Gasteiger partial charge in [0.1, 0.15) is 11.4 Å². The van der Waals surface area contributed by atoms with E-state index in [1.165, 1.54) is 6.20 Å². The molecule has 0 atom stereocenters. The van der Waals surface area contributed by atoms with Crippen LogP contribution in [-0.2, 0) is 4.74 Å². The van der Waals surface area contributed by atoms with Gasteiger partial charge in [-0.05, 0) is 63.9 Å². The number of anilines is 2. The summed E-state index contributed by atoms with van der Waals surface area (Å²) in [6.07, 6.45) is 2.71. The zero-order valence-corrected chi connectivity index (χ0v) is 20.2. The second-order valence-corrected chi connectivity index (χ2v) is 9.66. The zero-order chi connectivity index (χ0) is 23.5. The average molecular weight is 479 g/mol. The van der Waals surface area contributed by atoms with Crippen LogP contribution in [0.15, 0.2) is 36.5 Å². The van der Waals surface area contributed by atoms with Crippen LogP contribution < -0.4 is 10.2 Å². The number of amides is 2. The van der Waals surface area contributed by atoms with E-state index < -0.39 is 5.60 Å². The fourth-order valence-corrected chi connectivity index (χ4v) is 3.87. The normalized spacial score (nSPS) is 14.8. The minimum atomic E-state index is -0.519. The number of ether oxygens (including phenoxy) is 1. The van der Waals surface area contributed by atoms with Gasteiger partial charge in [-0.2, -0.15) is 0 Å². The van der Waals surface area contributed by atoms with Crippen LogP contribution in [0.3, 0.4) is 0 Å². The summed E-state index contributed by atoms with van der Waals surface area (Å²) < 4.78 is 5.48. The second-order valence-electron chi connectivity index (χ2n) is 8.79. The summed E-state index contributed by atoms with van der Waals surface area (Å²) in [6, 6.07) is 8.71. The zero-order valence-electron chi connectivity index (χ0n) is 18.7. The van der Waals surface area contributed by atoms with Crippen LogP contribution in [0.1, 0.15) is 44.0 Å². The standard InChI is InChI=1S/C23H28Cl2N4O3/c1-23(2,3)32-22(31)29-11-9-17(10-12-29)28(4)19-7-5-15(24)13-18(19)21(30)27-20-8-6-16(25)14-26-20/h5-8,13-14,17H,9-12H2,1-4H3,(H,26,27,30). The van der Waals surface area contributed by atoms with Gasteiger partial charge in [0.05, 0.1) is 10.6 Å². The maximum absolute atomic E-state index is 13.0. The number of nitrogens with zero attached hydrogens (tertiary/aromatic N) is 3. The molecule has 1 saturated heterocycles. The third-order valence-corrected chi connectivity index (χ3v) is 5.67. The molecule has 0 radical (unpaired) electrons. The Hall–Kier alpha value is -2.51. The smallest absolute Gasteiger partial charge is 0.410 e. The minimum Gasteiger partial charge on any atom is -0.444 e. The summed E-state index contributed by atoms with van der Waals surface area (Å²) in [4.78, 5) is 33.3. The lowest BCUT2D eigenvalue weighted by molar-refractivity contribution is 0.0205. The molecular formula is C23H28Cl2N4O3. The molecule has 1 N–H and O–H groups in total. The molecule has 1 fully saturated rings. The van der Waals surface area contributed by atoms with Crippen molar-refractivity contribution in [2.45, 2.75) is 45.3 Å². The summed E-state index contributed by atoms with van der Waals surface area (Å²) in [7, 11) is 1.95. The molecule has 172 valence electrons. The van der Waals surface area contributed by atoms with Gasteiger partial charge in [0.15, 0.2) is 0 Å². The molecule has 1 aliphatic rings. The molecule has 0 unspecified atom stereocenters. The van der Waals surface area contributed by atoms with Crippen molar-refractivity contribution in [3.05, 3.63) is 52.1 Å². The summed E-state index contributed by atoms with van der Waals surface area (Å²) in [5.41, 5.74) is 0.692. The number of carbonyl (C=O) groups is 2. The SMILES string of the molecule is CN(c1ccc(Cl)cc1C(=O)Nc1ccc(Cl)cn1)C1CCN(C(=O)OC(C)(C)C)CC1. The van der Waals surface area contributed by atoms with Crippen molar-refractivity contribution in [1.82, 2.24) is 9.88 Å². The number of benzene rings is 1. The molecule has 0 spiro atoms. The molecule has 7 nitrogen and oxygen atoms in total. The van der Waals surface area contributed by atoms with Gasteiger partial charge in [0, 0.05) is 43.1 Å². The summed E-state index contributed by atoms with van der Waals surface area (Å²) in [5, 5.41) is 3.75. The highest BCUT2D eigenvalue weighted by Gasteiger charge is 2.29. The van der Waals surface area contributed by atoms with Gasteiger partial charge < -0.3 is 19.9 Å². The summed E-state index contributed by atoms with van der Waals surface area (Å²) in [5.74, 6) is 0.0917. The molecule has 9 heteroatoms. The van der Waals surface area contributed by atoms with Gasteiger partial charge in [-0.25, -0.2) is 9.78 Å². The van der Waals surface area contributed by atoms with Crippen LogP contribution in [0.4, 0.5) is 16.3 Å². The lowest BCUT2D eigenvalue weighted by Gasteiger charge is -2.38. The van der Waals surface area contributed by atoms with E-state index >= 15 is 0 Å². The highest BCUT2D eigenvalue weighted by molar-refractivity contribution is 6.31. The van der Waals surface area contributed by atoms with Crippen molar-refractivity contribution in [1.29, 1.82) is 0 Å². The van der Waals surface area contributed by atoms with Crippen LogP contribution >= 0.6 is 23.2 Å². The van der Waals surface area contributed by atoms with Gasteiger partial charge in [0.25, 0.3) is 5.91 Å². The number of hydrogen-bond donors (Lipinski definition) is 1. The molecule has 2 amide bonds. The van der Waals surface area contributed by atoms with E-state index in [4.69, 9.17) is 27.9 Å². The van der Waals surface area contributed by atoms with Crippen molar-refractivity contribution >= 4 is 46.7 Å². The van der Waals surface area contributed by atoms with Gasteiger partial charge in [0.2, 0.25) is 0 Å². The van der Waals surface area contributed by atoms with E-state index in [0.717, 1.165) is 18.5 Å². The van der Waals surface area contributed by atoms with E-state index in [9.17, 15) is 9.59 Å². The quantitative estimate of drug-likeness (QED) is 0.629. The molecule has 1 aliphatic heterocycles. The number of pyridine rings is 1. The first-order chi connectivity index (χ1) is 15.0. The maximum Gasteiger partial charge on any atom is 0.410 e. The molecule has 0 saturated carbocycles. The van der Waals surface area contributed by atoms with Crippen molar-refractivity contribution in [3.63, 3.8) is 0 Å². The predicted octanol–water partition coefficient (Wildman–Crippen LogP) is 5.48. The molecule has 1 aromatic carbocycles. The fraction of sp³-hybridized carbons (Fsp3) is 0.435. The lowest BCUT2D eigenvalue weighted by Crippen LogP contribution is -2.47. The van der Waals surface area contributed by atoms with Crippen LogP contribution in [0, 0.1) is 0 Å². The fourth-order valence-electron chi connectivity index (χ4n) is 3.59. The molecule has 32 heavy (non-hydrogen) atoms. The molecule has 3 rings (SSSR count). The number of nitrogens with one attached hydrogen (secondary N) is 1. The third-order valence-electron chi connectivity index (χ3n) is 5.22. The number of piperidine rings is 1. The highest BCUT2D eigenvalue weighted by atomic mass is 35.5. The first-order valence-electron chi connectivity index (χ1n) is 10.5. The van der Waals surface area contributed by atoms with Crippen molar-refractivity contribution in [2.24, 2.45) is 0 Å². The van der Waals surface area contributed by atoms with E-state index in [0.29, 0.717) is 34.5 Å². The van der Waals surface area contributed by atoms with Gasteiger partial charge in [-0.3, -0.25) is 4.79 Å². The Labute approximate surface area is 198 Å². The summed E-state index contributed by atoms with van der Waals surface area (Å²) in [6.45, 7) is 6.76. The van der Waals surface area contributed by atoms with Crippen LogP contribution in [0.5, 0.6) is 0 Å². The number of rotatable bonds is 4. The minimum absolute atomic E-state index is 0.162. The van der Waals surface area contributed by atoms with Gasteiger partial charge in [-0.15, -0.1) is 0 Å². The molecule has 2 heterocycles. The third kappa shape index (κ3) is 6.26. The topological polar surface area (TPSA) is 74.8 Å². The van der Waals surface area contributed by atoms with Crippen molar-refractivity contribution in [3.8, 4) is 0 Å². The molecule has 0 aliphatic carbocycles. The molecule has 1 aromatic heterocycles. The Morgan fingerprint density at radius 1 is 1.12 bits per heavy atom. The van der Waals surface area contributed by atoms with E-state index in [2.05, 4.69) is 15.2 Å². The Kier molecular flexibility index (Phi) is 7.51. The Balaban J connectivity index is 1.71. The van der Waals surface area contributed by atoms with E-state index in [1.807, 2.05) is 33.9 Å². The monoisotopic (exact) mass is 478 g/mol. The first kappa shape index (κ1) is 24.1. The Morgan fingerprint density at radius 2 is 1.78 bits per heavy atom. The number of aromatic nitrogens is 1. The van der Waals surface area contributed by atoms with Crippen LogP contribution in [0.25, 0.3) is 0 Å². The number of hydrogen-bond acceptors (Lipinski definition) is 5. The maximum atomic E-state index is 13.0. The van der Waals surface area contributed by atoms with Crippen molar-refractivity contribution < 1.29 is 14.3 Å². The second kappa shape index (κ2) is 9.96. The average Bonchev–Trinajstić information content (AvgIpc) is 2.73. The van der Waals surface area contributed by atoms with Crippen LogP contribution in [-0.4, -0.2) is 53.7 Å². The molecule has 0 bridgehead atoms. The highest BCUT2D eigenvalue weighted by Crippen LogP contribution is 2.29. The largest absolute Gasteiger partial charge is 0.444 e. The first-order valence-corrected chi connectivity index (χ1v) is 11.2. The number of halogens is 2. The van der Waals surface area contributed by atoms with E-state index in [1.54, 1.807) is 29.2 Å². The lowest BCUT2D eigenvalue weighted by atomic mass is 10.0. The van der Waals surface area contributed by atoms with Crippen LogP contribution in [0.2, 0.25) is 10.0 Å². The predicted molar refractivity (Wildman–Crippen MR) is 128 cm³/mol. The Bertz CT molecular complexity index is 968. The number of carbonyl (C=O) groups excluding carboxylic acids is 2.